The molecule has 0 aromatic carbocycles. The largest absolute Gasteiger partial charge is 0.461 e. The number of carbonyl (C=O) groups is 1. The molecule has 1 aliphatic heterocycles. The van der Waals surface area contributed by atoms with Crippen LogP contribution in [-0.2, 0) is 17.7 Å². The Labute approximate surface area is 120 Å². The van der Waals surface area contributed by atoms with Crippen LogP contribution in [0.25, 0.3) is 0 Å². The quantitative estimate of drug-likeness (QED) is 0.708. The van der Waals surface area contributed by atoms with Gasteiger partial charge in [-0.25, -0.2) is 9.48 Å². The second-order valence-corrected chi connectivity index (χ2v) is 5.13. The molecule has 0 amide bonds. The SMILES string of the molecule is CCCc1c(C(=O)OCC)nnn1CCN1CCCC1. The molecular weight excluding hydrogens is 256 g/mol. The van der Waals surface area contributed by atoms with Gasteiger partial charge in [0.25, 0.3) is 0 Å². The smallest absolute Gasteiger partial charge is 0.360 e. The molecule has 2 heterocycles. The summed E-state index contributed by atoms with van der Waals surface area (Å²) in [6, 6.07) is 0. The van der Waals surface area contributed by atoms with Gasteiger partial charge >= 0.3 is 5.97 Å². The first-order chi connectivity index (χ1) is 9.76. The van der Waals surface area contributed by atoms with Gasteiger partial charge in [-0.05, 0) is 39.3 Å². The first-order valence-corrected chi connectivity index (χ1v) is 7.58. The Hall–Kier alpha value is -1.43. The molecule has 6 nitrogen and oxygen atoms in total. The van der Waals surface area contributed by atoms with E-state index in [1.165, 1.54) is 25.9 Å². The predicted octanol–water partition coefficient (Wildman–Crippen LogP) is 1.50. The van der Waals surface area contributed by atoms with Crippen LogP contribution in [0.15, 0.2) is 0 Å². The van der Waals surface area contributed by atoms with Crippen LogP contribution in [0, 0.1) is 0 Å². The molecule has 6 heteroatoms. The fourth-order valence-electron chi connectivity index (χ4n) is 2.60. The number of hydrogen-bond donors (Lipinski definition) is 0. The molecule has 0 unspecified atom stereocenters. The summed E-state index contributed by atoms with van der Waals surface area (Å²) >= 11 is 0. The van der Waals surface area contributed by atoms with Crippen molar-refractivity contribution in [2.24, 2.45) is 0 Å². The van der Waals surface area contributed by atoms with Crippen molar-refractivity contribution in [1.82, 2.24) is 19.9 Å². The zero-order valence-electron chi connectivity index (χ0n) is 12.5. The van der Waals surface area contributed by atoms with E-state index in [-0.39, 0.29) is 5.97 Å². The standard InChI is InChI=1S/C14H24N4O2/c1-3-7-12-13(14(19)20-4-2)15-16-18(12)11-10-17-8-5-6-9-17/h3-11H2,1-2H3. The van der Waals surface area contributed by atoms with Gasteiger partial charge in [-0.3, -0.25) is 0 Å². The molecule has 0 saturated carbocycles. The van der Waals surface area contributed by atoms with Gasteiger partial charge in [0, 0.05) is 6.54 Å². The molecule has 1 aliphatic rings. The van der Waals surface area contributed by atoms with Crippen molar-refractivity contribution in [3.8, 4) is 0 Å². The van der Waals surface area contributed by atoms with E-state index in [4.69, 9.17) is 4.74 Å². The average Bonchev–Trinajstić information content (AvgIpc) is 3.06. The fraction of sp³-hybridized carbons (Fsp3) is 0.786. The van der Waals surface area contributed by atoms with Crippen molar-refractivity contribution < 1.29 is 9.53 Å². The van der Waals surface area contributed by atoms with Gasteiger partial charge < -0.3 is 9.64 Å². The van der Waals surface area contributed by atoms with Gasteiger partial charge in [-0.15, -0.1) is 5.10 Å². The summed E-state index contributed by atoms with van der Waals surface area (Å²) in [7, 11) is 0. The van der Waals surface area contributed by atoms with Crippen LogP contribution in [-0.4, -0.2) is 52.1 Å². The van der Waals surface area contributed by atoms with Crippen LogP contribution in [0.4, 0.5) is 0 Å². The third-order valence-corrected chi connectivity index (χ3v) is 3.62. The number of carbonyl (C=O) groups excluding carboxylic acids is 1. The average molecular weight is 280 g/mol. The van der Waals surface area contributed by atoms with Gasteiger partial charge in [0.2, 0.25) is 0 Å². The van der Waals surface area contributed by atoms with Crippen LogP contribution in [0.1, 0.15) is 49.3 Å². The van der Waals surface area contributed by atoms with Gasteiger partial charge in [0.05, 0.1) is 18.8 Å². The number of aromatic nitrogens is 3. The molecule has 0 aliphatic carbocycles. The normalized spacial score (nSPS) is 15.7. The van der Waals surface area contributed by atoms with Crippen molar-refractivity contribution in [2.45, 2.75) is 46.1 Å². The van der Waals surface area contributed by atoms with Crippen molar-refractivity contribution in [1.29, 1.82) is 0 Å². The molecular formula is C14H24N4O2. The van der Waals surface area contributed by atoms with Crippen molar-refractivity contribution in [2.75, 3.05) is 26.2 Å². The van der Waals surface area contributed by atoms with Crippen molar-refractivity contribution >= 4 is 5.97 Å². The number of hydrogen-bond acceptors (Lipinski definition) is 5. The minimum atomic E-state index is -0.358. The highest BCUT2D eigenvalue weighted by atomic mass is 16.5. The first kappa shape index (κ1) is 15.0. The maximum Gasteiger partial charge on any atom is 0.360 e. The minimum Gasteiger partial charge on any atom is -0.461 e. The number of ether oxygens (including phenoxy) is 1. The third-order valence-electron chi connectivity index (χ3n) is 3.62. The lowest BCUT2D eigenvalue weighted by molar-refractivity contribution is 0.0518. The van der Waals surface area contributed by atoms with Crippen molar-refractivity contribution in [3.63, 3.8) is 0 Å². The molecule has 2 rings (SSSR count). The summed E-state index contributed by atoms with van der Waals surface area (Å²) in [6.07, 6.45) is 4.34. The maximum absolute atomic E-state index is 11.9. The summed E-state index contributed by atoms with van der Waals surface area (Å²) in [5.74, 6) is -0.358. The molecule has 1 aromatic heterocycles. The molecule has 0 bridgehead atoms. The number of rotatable bonds is 7. The summed E-state index contributed by atoms with van der Waals surface area (Å²) in [6.45, 7) is 8.36. The number of nitrogens with zero attached hydrogens (tertiary/aromatic N) is 4. The predicted molar refractivity (Wildman–Crippen MR) is 75.6 cm³/mol. The number of esters is 1. The lowest BCUT2D eigenvalue weighted by Gasteiger charge is -2.15. The molecule has 0 radical (unpaired) electrons. The van der Waals surface area contributed by atoms with Crippen LogP contribution in [0.3, 0.4) is 0 Å². The monoisotopic (exact) mass is 280 g/mol. The first-order valence-electron chi connectivity index (χ1n) is 7.58. The van der Waals surface area contributed by atoms with E-state index < -0.39 is 0 Å². The minimum absolute atomic E-state index is 0.358. The molecule has 1 aromatic rings. The highest BCUT2D eigenvalue weighted by Crippen LogP contribution is 2.12. The molecule has 0 N–H and O–H groups in total. The van der Waals surface area contributed by atoms with Gasteiger partial charge in [-0.2, -0.15) is 0 Å². The van der Waals surface area contributed by atoms with Crippen LogP contribution < -0.4 is 0 Å². The van der Waals surface area contributed by atoms with E-state index in [1.807, 2.05) is 4.68 Å². The zero-order chi connectivity index (χ0) is 14.4. The van der Waals surface area contributed by atoms with E-state index in [0.717, 1.165) is 31.6 Å². The molecule has 0 spiro atoms. The Morgan fingerprint density at radius 2 is 2.00 bits per heavy atom. The van der Waals surface area contributed by atoms with E-state index in [1.54, 1.807) is 6.92 Å². The molecule has 112 valence electrons. The Morgan fingerprint density at radius 1 is 1.25 bits per heavy atom. The summed E-state index contributed by atoms with van der Waals surface area (Å²) in [4.78, 5) is 14.3. The lowest BCUT2D eigenvalue weighted by Crippen LogP contribution is -2.25. The molecule has 1 saturated heterocycles. The second-order valence-electron chi connectivity index (χ2n) is 5.13. The van der Waals surface area contributed by atoms with Crippen LogP contribution in [0.2, 0.25) is 0 Å². The van der Waals surface area contributed by atoms with E-state index in [9.17, 15) is 4.79 Å². The van der Waals surface area contributed by atoms with Crippen LogP contribution in [0.5, 0.6) is 0 Å². The topological polar surface area (TPSA) is 60.2 Å². The molecule has 0 atom stereocenters. The summed E-state index contributed by atoms with van der Waals surface area (Å²) in [5, 5.41) is 8.16. The summed E-state index contributed by atoms with van der Waals surface area (Å²) in [5.41, 5.74) is 1.29. The number of likely N-dealkylation sites (tertiary alicyclic amines) is 1. The van der Waals surface area contributed by atoms with Crippen LogP contribution >= 0.6 is 0 Å². The lowest BCUT2D eigenvalue weighted by atomic mass is 10.2. The third kappa shape index (κ3) is 3.56. The second kappa shape index (κ2) is 7.38. The molecule has 20 heavy (non-hydrogen) atoms. The van der Waals surface area contributed by atoms with E-state index >= 15 is 0 Å². The van der Waals surface area contributed by atoms with Crippen molar-refractivity contribution in [3.05, 3.63) is 11.4 Å². The Kier molecular flexibility index (Phi) is 5.52. The van der Waals surface area contributed by atoms with Gasteiger partial charge in [0.1, 0.15) is 0 Å². The fourth-order valence-corrected chi connectivity index (χ4v) is 2.60. The Morgan fingerprint density at radius 3 is 2.65 bits per heavy atom. The highest BCUT2D eigenvalue weighted by Gasteiger charge is 2.20. The Balaban J connectivity index is 2.04. The van der Waals surface area contributed by atoms with Gasteiger partial charge in [-0.1, -0.05) is 18.6 Å². The van der Waals surface area contributed by atoms with Gasteiger partial charge in [0.15, 0.2) is 5.69 Å². The Bertz CT molecular complexity index is 438. The maximum atomic E-state index is 11.9. The highest BCUT2D eigenvalue weighted by molar-refractivity contribution is 5.88. The summed E-state index contributed by atoms with van der Waals surface area (Å²) < 4.78 is 6.91. The van der Waals surface area contributed by atoms with E-state index in [2.05, 4.69) is 22.1 Å². The zero-order valence-corrected chi connectivity index (χ0v) is 12.5. The van der Waals surface area contributed by atoms with E-state index in [0.29, 0.717) is 12.3 Å². The molecule has 1 fully saturated rings.